The molecule has 208 valence electrons. The van der Waals surface area contributed by atoms with Crippen molar-refractivity contribution in [1.29, 1.82) is 0 Å². The lowest BCUT2D eigenvalue weighted by atomic mass is 10.1. The lowest BCUT2D eigenvalue weighted by Crippen LogP contribution is -2.40. The molecule has 4 aromatic rings. The van der Waals surface area contributed by atoms with Crippen LogP contribution in [0, 0.1) is 0 Å². The summed E-state index contributed by atoms with van der Waals surface area (Å²) in [5.74, 6) is 5.11. The van der Waals surface area contributed by atoms with Crippen molar-refractivity contribution in [2.75, 3.05) is 0 Å². The Morgan fingerprint density at radius 3 is 2.41 bits per heavy atom. The second-order valence-corrected chi connectivity index (χ2v) is 19.7. The van der Waals surface area contributed by atoms with Crippen LogP contribution < -0.4 is 4.72 Å². The van der Waals surface area contributed by atoms with E-state index in [1.165, 1.54) is 0 Å². The minimum atomic E-state index is -1.87. The summed E-state index contributed by atoms with van der Waals surface area (Å²) >= 11 is 0. The van der Waals surface area contributed by atoms with Crippen LogP contribution in [0.1, 0.15) is 65.9 Å². The molecule has 0 bridgehead atoms. The molecule has 0 spiro atoms. The molecule has 0 aliphatic rings. The highest BCUT2D eigenvalue weighted by atomic mass is 32.2. The van der Waals surface area contributed by atoms with E-state index in [-0.39, 0.29) is 26.5 Å². The Morgan fingerprint density at radius 1 is 1.00 bits per heavy atom. The van der Waals surface area contributed by atoms with Crippen molar-refractivity contribution in [3.63, 3.8) is 0 Å². The first-order valence-electron chi connectivity index (χ1n) is 13.5. The first-order chi connectivity index (χ1) is 18.2. The molecular weight excluding hydrogens is 519 g/mol. The first kappa shape index (κ1) is 29.3. The SMILES string of the molecule is C=[S@@](N[C@H](C)c1cccc(-c2ccc3cnn(-c4cccc(CO[Si](C)(C)C(C)(C)C)n4)c3c2)n1)C(C)(C)C. The summed E-state index contributed by atoms with van der Waals surface area (Å²) in [6, 6.07) is 18.7. The van der Waals surface area contributed by atoms with Gasteiger partial charge in [0.15, 0.2) is 14.1 Å². The number of pyridine rings is 2. The predicted octanol–water partition coefficient (Wildman–Crippen LogP) is 8.07. The molecule has 3 aromatic heterocycles. The standard InChI is InChI=1S/C31H43N5OSSi/c1-22(35-38(8)30(2,3)4)26-14-12-15-27(34-26)23-17-18-24-20-32-36(28(24)19-23)29-16-11-13-25(33-29)21-37-39(9,10)31(5,6)7/h11-20,22,35H,8,21H2,1-7,9-10H3/t22-,38-/m1/s1. The van der Waals surface area contributed by atoms with Gasteiger partial charge in [-0.05, 0) is 55.4 Å². The van der Waals surface area contributed by atoms with Gasteiger partial charge in [-0.2, -0.15) is 5.10 Å². The zero-order chi connectivity index (χ0) is 28.6. The van der Waals surface area contributed by atoms with Crippen molar-refractivity contribution in [2.45, 2.75) is 84.0 Å². The molecule has 8 heteroatoms. The fourth-order valence-electron chi connectivity index (χ4n) is 3.80. The van der Waals surface area contributed by atoms with Crippen molar-refractivity contribution in [3.05, 3.63) is 72.2 Å². The Balaban J connectivity index is 1.61. The molecule has 4 rings (SSSR count). The lowest BCUT2D eigenvalue weighted by Gasteiger charge is -2.36. The van der Waals surface area contributed by atoms with Gasteiger partial charge < -0.3 is 4.43 Å². The van der Waals surface area contributed by atoms with Crippen LogP contribution in [0.15, 0.2) is 60.8 Å². The van der Waals surface area contributed by atoms with Gasteiger partial charge in [0.2, 0.25) is 0 Å². The van der Waals surface area contributed by atoms with Crippen LogP contribution in [-0.2, 0) is 11.0 Å². The number of aromatic nitrogens is 4. The van der Waals surface area contributed by atoms with Crippen LogP contribution >= 0.6 is 10.7 Å². The summed E-state index contributed by atoms with van der Waals surface area (Å²) in [7, 11) is -2.05. The van der Waals surface area contributed by atoms with Crippen molar-refractivity contribution in [3.8, 4) is 17.1 Å². The molecule has 1 N–H and O–H groups in total. The van der Waals surface area contributed by atoms with E-state index in [0.717, 1.165) is 39.4 Å². The van der Waals surface area contributed by atoms with Crippen molar-refractivity contribution in [1.82, 2.24) is 24.5 Å². The van der Waals surface area contributed by atoms with Gasteiger partial charge in [-0.1, -0.05) is 71.7 Å². The number of rotatable bonds is 8. The maximum absolute atomic E-state index is 6.42. The third kappa shape index (κ3) is 6.74. The molecule has 0 saturated heterocycles. The molecule has 0 saturated carbocycles. The second-order valence-electron chi connectivity index (χ2n) is 12.7. The van der Waals surface area contributed by atoms with Gasteiger partial charge in [0.1, 0.15) is 0 Å². The number of nitrogens with zero attached hydrogens (tertiary/aromatic N) is 4. The summed E-state index contributed by atoms with van der Waals surface area (Å²) < 4.78 is 12.0. The van der Waals surface area contributed by atoms with Crippen LogP contribution in [0.5, 0.6) is 0 Å². The Kier molecular flexibility index (Phi) is 8.33. The molecule has 1 aromatic carbocycles. The van der Waals surface area contributed by atoms with Gasteiger partial charge in [-0.25, -0.2) is 9.67 Å². The number of nitrogens with one attached hydrogen (secondary N) is 1. The number of benzene rings is 1. The normalized spacial score (nSPS) is 14.5. The highest BCUT2D eigenvalue weighted by Gasteiger charge is 2.37. The fourth-order valence-corrected chi connectivity index (χ4v) is 5.64. The largest absolute Gasteiger partial charge is 0.411 e. The zero-order valence-electron chi connectivity index (χ0n) is 24.9. The number of hydrogen-bond acceptors (Lipinski definition) is 5. The van der Waals surface area contributed by atoms with E-state index in [0.29, 0.717) is 6.61 Å². The molecule has 3 heterocycles. The number of fused-ring (bicyclic) bond motifs is 1. The van der Waals surface area contributed by atoms with Gasteiger partial charge in [0.05, 0.1) is 41.4 Å². The summed E-state index contributed by atoms with van der Waals surface area (Å²) in [4.78, 5) is 9.92. The van der Waals surface area contributed by atoms with Gasteiger partial charge >= 0.3 is 0 Å². The van der Waals surface area contributed by atoms with E-state index in [1.807, 2.05) is 29.1 Å². The van der Waals surface area contributed by atoms with E-state index in [9.17, 15) is 0 Å². The highest BCUT2D eigenvalue weighted by molar-refractivity contribution is 8.13. The summed E-state index contributed by atoms with van der Waals surface area (Å²) in [5, 5.41) is 5.89. The first-order valence-corrected chi connectivity index (χ1v) is 17.8. The maximum Gasteiger partial charge on any atom is 0.192 e. The van der Waals surface area contributed by atoms with Gasteiger partial charge in [0, 0.05) is 15.7 Å². The van der Waals surface area contributed by atoms with Crippen molar-refractivity contribution >= 4 is 35.8 Å². The van der Waals surface area contributed by atoms with Crippen LogP contribution in [-0.4, -0.2) is 38.7 Å². The molecule has 0 radical (unpaired) electrons. The van der Waals surface area contributed by atoms with Crippen LogP contribution in [0.2, 0.25) is 18.1 Å². The fraction of sp³-hybridized carbons (Fsp3) is 0.419. The minimum absolute atomic E-state index is 0.0948. The van der Waals surface area contributed by atoms with Gasteiger partial charge in [-0.15, -0.1) is 10.7 Å². The van der Waals surface area contributed by atoms with Crippen LogP contribution in [0.4, 0.5) is 0 Å². The average Bonchev–Trinajstić information content (AvgIpc) is 3.30. The molecule has 6 nitrogen and oxygen atoms in total. The Labute approximate surface area is 237 Å². The molecule has 0 fully saturated rings. The quantitative estimate of drug-likeness (QED) is 0.174. The summed E-state index contributed by atoms with van der Waals surface area (Å²) in [6.45, 7) is 20.6. The topological polar surface area (TPSA) is 64.9 Å². The van der Waals surface area contributed by atoms with E-state index < -0.39 is 8.32 Å². The summed E-state index contributed by atoms with van der Waals surface area (Å²) in [5.41, 5.74) is 4.88. The smallest absolute Gasteiger partial charge is 0.192 e. The van der Waals surface area contributed by atoms with E-state index in [4.69, 9.17) is 14.4 Å². The third-order valence-electron chi connectivity index (χ3n) is 7.54. The Hall–Kier alpha value is -2.65. The molecule has 0 aliphatic heterocycles. The number of hydrogen-bond donors (Lipinski definition) is 1. The molecule has 0 unspecified atom stereocenters. The molecular formula is C31H43N5OSSi. The van der Waals surface area contributed by atoms with E-state index in [1.54, 1.807) is 0 Å². The molecule has 39 heavy (non-hydrogen) atoms. The van der Waals surface area contributed by atoms with Crippen LogP contribution in [0.3, 0.4) is 0 Å². The van der Waals surface area contributed by atoms with Gasteiger partial charge in [0.25, 0.3) is 0 Å². The van der Waals surface area contributed by atoms with E-state index >= 15 is 0 Å². The average molecular weight is 562 g/mol. The molecule has 2 atom stereocenters. The lowest BCUT2D eigenvalue weighted by molar-refractivity contribution is 0.272. The van der Waals surface area contributed by atoms with Crippen molar-refractivity contribution < 1.29 is 4.43 Å². The van der Waals surface area contributed by atoms with E-state index in [2.05, 4.69) is 114 Å². The minimum Gasteiger partial charge on any atom is -0.411 e. The second kappa shape index (κ2) is 11.1. The molecule has 0 amide bonds. The Bertz CT molecular complexity index is 1480. The highest BCUT2D eigenvalue weighted by Crippen LogP contribution is 2.37. The maximum atomic E-state index is 6.42. The van der Waals surface area contributed by atoms with Crippen LogP contribution in [0.25, 0.3) is 28.0 Å². The molecule has 0 aliphatic carbocycles. The zero-order valence-corrected chi connectivity index (χ0v) is 26.7. The monoisotopic (exact) mass is 561 g/mol. The summed E-state index contributed by atoms with van der Waals surface area (Å²) in [6.07, 6.45) is 1.89. The van der Waals surface area contributed by atoms with Gasteiger partial charge in [-0.3, -0.25) is 9.71 Å². The van der Waals surface area contributed by atoms with Crippen molar-refractivity contribution in [2.24, 2.45) is 0 Å². The predicted molar refractivity (Wildman–Crippen MR) is 170 cm³/mol. The Morgan fingerprint density at radius 2 is 1.72 bits per heavy atom. The third-order valence-corrected chi connectivity index (χ3v) is 14.1.